The molecular weight excluding hydrogens is 270 g/mol. The van der Waals surface area contributed by atoms with Crippen LogP contribution in [0.25, 0.3) is 0 Å². The summed E-state index contributed by atoms with van der Waals surface area (Å²) in [6.07, 6.45) is 3.27. The Morgan fingerprint density at radius 3 is 2.62 bits per heavy atom. The van der Waals surface area contributed by atoms with Crippen LogP contribution in [0.2, 0.25) is 0 Å². The third kappa shape index (κ3) is 2.53. The average molecular weight is 290 g/mol. The lowest BCUT2D eigenvalue weighted by molar-refractivity contribution is 0.0223. The van der Waals surface area contributed by atoms with E-state index in [9.17, 15) is 4.79 Å². The number of ether oxygens (including phenoxy) is 1. The highest BCUT2D eigenvalue weighted by Crippen LogP contribution is 2.39. The van der Waals surface area contributed by atoms with E-state index < -0.39 is 0 Å². The molecule has 1 saturated heterocycles. The molecule has 0 aromatic heterocycles. The van der Waals surface area contributed by atoms with Crippen LogP contribution in [0, 0.1) is 5.92 Å². The van der Waals surface area contributed by atoms with E-state index in [2.05, 4.69) is 15.9 Å². The van der Waals surface area contributed by atoms with Crippen LogP contribution in [0.5, 0.6) is 0 Å². The van der Waals surface area contributed by atoms with Gasteiger partial charge in [-0.2, -0.15) is 0 Å². The highest BCUT2D eigenvalue weighted by molar-refractivity contribution is 9.09. The van der Waals surface area contributed by atoms with Crippen molar-refractivity contribution >= 4 is 22.0 Å². The summed E-state index contributed by atoms with van der Waals surface area (Å²) in [5.74, 6) is 0.617. The standard InChI is InChI=1S/C12H20BrNO2/c1-12(2,3)16-11(15)14-7-8-6-9(14)4-5-10(8)13/h8-10H,4-7H2,1-3H3. The average Bonchev–Trinajstić information content (AvgIpc) is 2.49. The molecule has 3 nitrogen and oxygen atoms in total. The number of amides is 1. The van der Waals surface area contributed by atoms with Gasteiger partial charge >= 0.3 is 6.09 Å². The Bertz CT molecular complexity index is 287. The Morgan fingerprint density at radius 1 is 1.38 bits per heavy atom. The summed E-state index contributed by atoms with van der Waals surface area (Å²) in [6.45, 7) is 6.61. The van der Waals surface area contributed by atoms with Gasteiger partial charge in [0, 0.05) is 17.4 Å². The normalized spacial score (nSPS) is 34.0. The van der Waals surface area contributed by atoms with Crippen LogP contribution in [0.15, 0.2) is 0 Å². The number of nitrogens with zero attached hydrogens (tertiary/aromatic N) is 1. The van der Waals surface area contributed by atoms with Gasteiger partial charge in [-0.05, 0) is 46.0 Å². The molecule has 2 fully saturated rings. The number of likely N-dealkylation sites (tertiary alicyclic amines) is 1. The Morgan fingerprint density at radius 2 is 2.06 bits per heavy atom. The summed E-state index contributed by atoms with van der Waals surface area (Å²) in [5, 5.41) is 0. The minimum Gasteiger partial charge on any atom is -0.444 e. The molecule has 1 amide bonds. The van der Waals surface area contributed by atoms with Crippen molar-refractivity contribution in [3.63, 3.8) is 0 Å². The Kier molecular flexibility index (Phi) is 3.21. The van der Waals surface area contributed by atoms with Crippen LogP contribution in [0.4, 0.5) is 4.79 Å². The Labute approximate surface area is 106 Å². The first-order chi connectivity index (χ1) is 7.37. The molecule has 0 aromatic rings. The molecule has 1 aliphatic heterocycles. The summed E-state index contributed by atoms with van der Waals surface area (Å²) in [6, 6.07) is 0.411. The number of carbonyl (C=O) groups excluding carboxylic acids is 1. The smallest absolute Gasteiger partial charge is 0.410 e. The first-order valence-corrected chi connectivity index (χ1v) is 6.92. The van der Waals surface area contributed by atoms with Crippen molar-refractivity contribution < 1.29 is 9.53 Å². The largest absolute Gasteiger partial charge is 0.444 e. The van der Waals surface area contributed by atoms with Crippen LogP contribution in [-0.4, -0.2) is 34.0 Å². The lowest BCUT2D eigenvalue weighted by Gasteiger charge is -2.28. The highest BCUT2D eigenvalue weighted by Gasteiger charge is 2.43. The van der Waals surface area contributed by atoms with E-state index in [0.717, 1.165) is 19.4 Å². The second-order valence-corrected chi connectivity index (χ2v) is 7.05. The second-order valence-electron chi connectivity index (χ2n) is 5.88. The third-order valence-corrected chi connectivity index (χ3v) is 4.57. The molecule has 92 valence electrons. The van der Waals surface area contributed by atoms with Crippen molar-refractivity contribution in [3.8, 4) is 0 Å². The van der Waals surface area contributed by atoms with Gasteiger partial charge in [-0.25, -0.2) is 4.79 Å². The fourth-order valence-corrected chi connectivity index (χ4v) is 3.27. The molecule has 3 unspecified atom stereocenters. The predicted octanol–water partition coefficient (Wildman–Crippen LogP) is 3.17. The Balaban J connectivity index is 1.99. The molecule has 1 saturated carbocycles. The van der Waals surface area contributed by atoms with Crippen molar-refractivity contribution in [2.75, 3.05) is 6.54 Å². The molecule has 0 N–H and O–H groups in total. The molecule has 4 heteroatoms. The van der Waals surface area contributed by atoms with Gasteiger partial charge in [-0.3, -0.25) is 0 Å². The topological polar surface area (TPSA) is 29.5 Å². The lowest BCUT2D eigenvalue weighted by atomic mass is 9.90. The van der Waals surface area contributed by atoms with Crippen LogP contribution in [-0.2, 0) is 4.74 Å². The summed E-state index contributed by atoms with van der Waals surface area (Å²) in [5.41, 5.74) is -0.387. The fourth-order valence-electron chi connectivity index (χ4n) is 2.62. The van der Waals surface area contributed by atoms with Crippen LogP contribution < -0.4 is 0 Å². The molecule has 16 heavy (non-hydrogen) atoms. The van der Waals surface area contributed by atoms with E-state index in [1.807, 2.05) is 25.7 Å². The van der Waals surface area contributed by atoms with E-state index >= 15 is 0 Å². The molecule has 3 atom stereocenters. The summed E-state index contributed by atoms with van der Waals surface area (Å²) in [7, 11) is 0. The molecule has 1 heterocycles. The number of hydrogen-bond donors (Lipinski definition) is 0. The quantitative estimate of drug-likeness (QED) is 0.641. The highest BCUT2D eigenvalue weighted by atomic mass is 79.9. The molecule has 2 rings (SSSR count). The Hall–Kier alpha value is -0.250. The zero-order valence-corrected chi connectivity index (χ0v) is 11.8. The first-order valence-electron chi connectivity index (χ1n) is 6.00. The minimum absolute atomic E-state index is 0.137. The number of rotatable bonds is 0. The van der Waals surface area contributed by atoms with Gasteiger partial charge in [0.05, 0.1) is 0 Å². The predicted molar refractivity (Wildman–Crippen MR) is 66.8 cm³/mol. The third-order valence-electron chi connectivity index (χ3n) is 3.36. The van der Waals surface area contributed by atoms with E-state index in [-0.39, 0.29) is 11.7 Å². The minimum atomic E-state index is -0.387. The maximum Gasteiger partial charge on any atom is 0.410 e. The summed E-state index contributed by atoms with van der Waals surface area (Å²) >= 11 is 3.70. The van der Waals surface area contributed by atoms with E-state index in [1.165, 1.54) is 6.42 Å². The van der Waals surface area contributed by atoms with Crippen LogP contribution in [0.3, 0.4) is 0 Å². The fraction of sp³-hybridized carbons (Fsp3) is 0.917. The monoisotopic (exact) mass is 289 g/mol. The number of fused-ring (bicyclic) bond motifs is 2. The molecule has 0 spiro atoms. The summed E-state index contributed by atoms with van der Waals surface area (Å²) < 4.78 is 5.44. The zero-order chi connectivity index (χ0) is 11.9. The van der Waals surface area contributed by atoms with Crippen molar-refractivity contribution in [2.45, 2.75) is 56.5 Å². The maximum atomic E-state index is 12.0. The molecule has 0 radical (unpaired) electrons. The van der Waals surface area contributed by atoms with Gasteiger partial charge in [0.1, 0.15) is 5.60 Å². The van der Waals surface area contributed by atoms with Gasteiger partial charge in [0.15, 0.2) is 0 Å². The van der Waals surface area contributed by atoms with Gasteiger partial charge in [0.25, 0.3) is 0 Å². The molecule has 2 bridgehead atoms. The van der Waals surface area contributed by atoms with E-state index in [0.29, 0.717) is 16.8 Å². The molecule has 1 aliphatic carbocycles. The maximum absolute atomic E-state index is 12.0. The number of alkyl halides is 1. The van der Waals surface area contributed by atoms with Crippen molar-refractivity contribution in [1.82, 2.24) is 4.90 Å². The number of halogens is 1. The van der Waals surface area contributed by atoms with Crippen molar-refractivity contribution in [3.05, 3.63) is 0 Å². The second kappa shape index (κ2) is 4.21. The van der Waals surface area contributed by atoms with Gasteiger partial charge in [-0.15, -0.1) is 0 Å². The SMILES string of the molecule is CC(C)(C)OC(=O)N1CC2CC1CCC2Br. The summed E-state index contributed by atoms with van der Waals surface area (Å²) in [4.78, 5) is 14.5. The number of carbonyl (C=O) groups is 1. The van der Waals surface area contributed by atoms with Crippen molar-refractivity contribution in [2.24, 2.45) is 5.92 Å². The molecule has 2 aliphatic rings. The lowest BCUT2D eigenvalue weighted by Crippen LogP contribution is -2.39. The molecule has 0 aromatic carbocycles. The number of hydrogen-bond acceptors (Lipinski definition) is 2. The van der Waals surface area contributed by atoms with E-state index in [4.69, 9.17) is 4.74 Å². The first kappa shape index (κ1) is 12.2. The zero-order valence-electron chi connectivity index (χ0n) is 10.2. The van der Waals surface area contributed by atoms with E-state index in [1.54, 1.807) is 0 Å². The van der Waals surface area contributed by atoms with Gasteiger partial charge in [-0.1, -0.05) is 15.9 Å². The van der Waals surface area contributed by atoms with Crippen LogP contribution >= 0.6 is 15.9 Å². The molecular formula is C12H20BrNO2. The van der Waals surface area contributed by atoms with Crippen LogP contribution in [0.1, 0.15) is 40.0 Å². The van der Waals surface area contributed by atoms with Gasteiger partial charge in [0.2, 0.25) is 0 Å². The van der Waals surface area contributed by atoms with Crippen molar-refractivity contribution in [1.29, 1.82) is 0 Å². The van der Waals surface area contributed by atoms with Gasteiger partial charge < -0.3 is 9.64 Å².